The first-order chi connectivity index (χ1) is 19.7. The molecule has 2 aromatic carbocycles. The van der Waals surface area contributed by atoms with Gasteiger partial charge in [0.15, 0.2) is 0 Å². The molecule has 208 valence electrons. The molecule has 2 amide bonds. The third-order valence-corrected chi connectivity index (χ3v) is 6.33. The molecule has 3 atom stereocenters. The summed E-state index contributed by atoms with van der Waals surface area (Å²) in [4.78, 5) is 33.9. The van der Waals surface area contributed by atoms with Crippen LogP contribution < -0.4 is 21.7 Å². The number of carbonyl (C=O) groups excluding carboxylic acids is 2. The van der Waals surface area contributed by atoms with Crippen molar-refractivity contribution in [2.75, 3.05) is 5.32 Å². The van der Waals surface area contributed by atoms with Gasteiger partial charge < -0.3 is 26.8 Å². The minimum atomic E-state index is -1.35. The van der Waals surface area contributed by atoms with Gasteiger partial charge in [-0.1, -0.05) is 36.4 Å². The monoisotopic (exact) mass is 553 g/mol. The Kier molecular flexibility index (Phi) is 9.32. The van der Waals surface area contributed by atoms with Crippen LogP contribution in [0.1, 0.15) is 62.0 Å². The number of hydrogen-bond acceptors (Lipinski definition) is 8. The number of pyridine rings is 2. The maximum Gasteiger partial charge on any atom is 0.255 e. The number of rotatable bonds is 10. The average Bonchev–Trinajstić information content (AvgIpc) is 2.99. The minimum Gasteiger partial charge on any atom is -0.376 e. The van der Waals surface area contributed by atoms with E-state index in [0.29, 0.717) is 11.1 Å². The zero-order valence-corrected chi connectivity index (χ0v) is 22.1. The largest absolute Gasteiger partial charge is 0.376 e. The molecular formula is C30H28FN7O3. The number of halogens is 1. The van der Waals surface area contributed by atoms with Gasteiger partial charge in [-0.3, -0.25) is 14.6 Å². The van der Waals surface area contributed by atoms with Crippen LogP contribution in [-0.2, 0) is 6.54 Å². The van der Waals surface area contributed by atoms with Crippen LogP contribution in [0.15, 0.2) is 85.3 Å². The second-order valence-electron chi connectivity index (χ2n) is 9.26. The van der Waals surface area contributed by atoms with Crippen molar-refractivity contribution in [2.45, 2.75) is 31.8 Å². The fourth-order valence-electron chi connectivity index (χ4n) is 4.07. The molecule has 10 nitrogen and oxygen atoms in total. The third-order valence-electron chi connectivity index (χ3n) is 6.33. The molecule has 0 fully saturated rings. The van der Waals surface area contributed by atoms with E-state index < -0.39 is 30.1 Å². The van der Waals surface area contributed by atoms with Crippen LogP contribution in [0, 0.1) is 17.1 Å². The Morgan fingerprint density at radius 3 is 2.37 bits per heavy atom. The molecular weight excluding hydrogens is 525 g/mol. The highest BCUT2D eigenvalue weighted by Crippen LogP contribution is 2.20. The number of aliphatic hydroxyl groups excluding tert-OH is 1. The summed E-state index contributed by atoms with van der Waals surface area (Å²) < 4.78 is 13.3. The third kappa shape index (κ3) is 7.48. The molecule has 11 heteroatoms. The van der Waals surface area contributed by atoms with E-state index in [0.717, 1.165) is 11.1 Å². The molecule has 4 rings (SSSR count). The van der Waals surface area contributed by atoms with Gasteiger partial charge in [-0.05, 0) is 53.9 Å². The number of anilines is 1. The fraction of sp³-hybridized carbons (Fsp3) is 0.167. The van der Waals surface area contributed by atoms with Crippen molar-refractivity contribution in [3.63, 3.8) is 0 Å². The number of nitriles is 1. The van der Waals surface area contributed by atoms with Gasteiger partial charge in [0.2, 0.25) is 0 Å². The summed E-state index contributed by atoms with van der Waals surface area (Å²) in [7, 11) is 0. The van der Waals surface area contributed by atoms with E-state index in [9.17, 15) is 24.3 Å². The van der Waals surface area contributed by atoms with E-state index in [-0.39, 0.29) is 29.3 Å². The van der Waals surface area contributed by atoms with Crippen molar-refractivity contribution >= 4 is 17.6 Å². The highest BCUT2D eigenvalue weighted by Gasteiger charge is 2.21. The Balaban J connectivity index is 1.45. The van der Waals surface area contributed by atoms with Gasteiger partial charge in [-0.15, -0.1) is 0 Å². The molecule has 0 radical (unpaired) electrons. The number of aliphatic hydroxyl groups is 1. The molecule has 6 N–H and O–H groups in total. The quantitative estimate of drug-likeness (QED) is 0.187. The van der Waals surface area contributed by atoms with Crippen molar-refractivity contribution in [1.82, 2.24) is 20.6 Å². The smallest absolute Gasteiger partial charge is 0.255 e. The van der Waals surface area contributed by atoms with Crippen molar-refractivity contribution < 1.29 is 19.1 Å². The standard InChI is InChI=1S/C30H28FN7O3/c1-18(21-8-10-24(31)11-9-21)37-30(41)25-13-20(14-32)16-36-28(25)35-15-19-4-6-22(7-5-19)26(27(33)39)38-29(40)23-3-2-12-34-17-23/h2-13,16-18,26-27,39H,15,33H2,1H3,(H,35,36)(H,37,41)(H,38,40)/t18-,26-,27-/m0/s1. The zero-order chi connectivity index (χ0) is 29.4. The normalized spacial score (nSPS) is 12.9. The second kappa shape index (κ2) is 13.3. The summed E-state index contributed by atoms with van der Waals surface area (Å²) in [6.07, 6.45) is 2.99. The number of nitrogens with two attached hydrogens (primary N) is 1. The predicted molar refractivity (Wildman–Crippen MR) is 150 cm³/mol. The molecule has 0 saturated heterocycles. The van der Waals surface area contributed by atoms with Crippen LogP contribution in [0.3, 0.4) is 0 Å². The summed E-state index contributed by atoms with van der Waals surface area (Å²) in [6.45, 7) is 2.05. The van der Waals surface area contributed by atoms with E-state index >= 15 is 0 Å². The first-order valence-electron chi connectivity index (χ1n) is 12.7. The topological polar surface area (TPSA) is 166 Å². The lowest BCUT2D eigenvalue weighted by Crippen LogP contribution is -2.40. The molecule has 0 bridgehead atoms. The number of benzene rings is 2. The maximum absolute atomic E-state index is 13.3. The predicted octanol–water partition coefficient (Wildman–Crippen LogP) is 3.34. The maximum atomic E-state index is 13.3. The Labute approximate surface area is 236 Å². The first kappa shape index (κ1) is 28.8. The van der Waals surface area contributed by atoms with Gasteiger partial charge >= 0.3 is 0 Å². The van der Waals surface area contributed by atoms with Gasteiger partial charge in [-0.2, -0.15) is 5.26 Å². The van der Waals surface area contributed by atoms with Crippen LogP contribution in [0.5, 0.6) is 0 Å². The molecule has 2 heterocycles. The van der Waals surface area contributed by atoms with Gasteiger partial charge in [0, 0.05) is 25.1 Å². The second-order valence-corrected chi connectivity index (χ2v) is 9.26. The summed E-state index contributed by atoms with van der Waals surface area (Å²) in [6, 6.07) is 18.2. The number of amides is 2. The Morgan fingerprint density at radius 2 is 1.73 bits per heavy atom. The molecule has 0 aliphatic heterocycles. The van der Waals surface area contributed by atoms with Crippen LogP contribution in [0.25, 0.3) is 0 Å². The van der Waals surface area contributed by atoms with Crippen molar-refractivity contribution in [1.29, 1.82) is 5.26 Å². The molecule has 2 aromatic heterocycles. The van der Waals surface area contributed by atoms with E-state index in [1.54, 1.807) is 61.7 Å². The van der Waals surface area contributed by atoms with E-state index in [4.69, 9.17) is 5.73 Å². The molecule has 0 spiro atoms. The van der Waals surface area contributed by atoms with Crippen molar-refractivity contribution in [3.8, 4) is 6.07 Å². The SMILES string of the molecule is C[C@H](NC(=O)c1cc(C#N)cnc1NCc1ccc([C@H](NC(=O)c2cccnc2)[C@@H](N)O)cc1)c1ccc(F)cc1. The van der Waals surface area contributed by atoms with Crippen molar-refractivity contribution in [3.05, 3.63) is 125 Å². The van der Waals surface area contributed by atoms with Gasteiger partial charge in [0.25, 0.3) is 11.8 Å². The Morgan fingerprint density at radius 1 is 1.02 bits per heavy atom. The summed E-state index contributed by atoms with van der Waals surface area (Å²) in [5, 5.41) is 28.1. The molecule has 4 aromatic rings. The molecule has 41 heavy (non-hydrogen) atoms. The highest BCUT2D eigenvalue weighted by atomic mass is 19.1. The zero-order valence-electron chi connectivity index (χ0n) is 22.1. The van der Waals surface area contributed by atoms with Gasteiger partial charge in [-0.25, -0.2) is 9.37 Å². The summed E-state index contributed by atoms with van der Waals surface area (Å²) >= 11 is 0. The average molecular weight is 554 g/mol. The van der Waals surface area contributed by atoms with E-state index in [1.807, 2.05) is 6.07 Å². The van der Waals surface area contributed by atoms with E-state index in [1.165, 1.54) is 30.6 Å². The first-order valence-corrected chi connectivity index (χ1v) is 12.7. The van der Waals surface area contributed by atoms with Gasteiger partial charge in [0.05, 0.1) is 28.8 Å². The summed E-state index contributed by atoms with van der Waals surface area (Å²) in [5.74, 6) is -0.976. The number of hydrogen-bond donors (Lipinski definition) is 5. The van der Waals surface area contributed by atoms with Gasteiger partial charge in [0.1, 0.15) is 23.9 Å². The van der Waals surface area contributed by atoms with Crippen LogP contribution in [0.2, 0.25) is 0 Å². The fourth-order valence-corrected chi connectivity index (χ4v) is 4.07. The highest BCUT2D eigenvalue weighted by molar-refractivity contribution is 5.99. The number of aromatic nitrogens is 2. The number of carbonyl (C=O) groups is 2. The molecule has 0 saturated carbocycles. The Bertz CT molecular complexity index is 1540. The Hall–Kier alpha value is -5.18. The number of nitrogens with one attached hydrogen (secondary N) is 3. The number of nitrogens with zero attached hydrogens (tertiary/aromatic N) is 3. The van der Waals surface area contributed by atoms with Crippen LogP contribution >= 0.6 is 0 Å². The lowest BCUT2D eigenvalue weighted by atomic mass is 10.0. The van der Waals surface area contributed by atoms with Crippen molar-refractivity contribution in [2.24, 2.45) is 5.73 Å². The lowest BCUT2D eigenvalue weighted by molar-refractivity contribution is 0.0841. The minimum absolute atomic E-state index is 0.180. The van der Waals surface area contributed by atoms with Crippen LogP contribution in [-0.4, -0.2) is 33.1 Å². The lowest BCUT2D eigenvalue weighted by Gasteiger charge is -2.22. The molecule has 0 unspecified atom stereocenters. The van der Waals surface area contributed by atoms with E-state index in [2.05, 4.69) is 25.9 Å². The molecule has 0 aliphatic rings. The van der Waals surface area contributed by atoms with Crippen LogP contribution in [0.4, 0.5) is 10.2 Å². The summed E-state index contributed by atoms with van der Waals surface area (Å²) in [5.41, 5.74) is 8.60. The molecule has 0 aliphatic carbocycles.